The van der Waals surface area contributed by atoms with Crippen molar-refractivity contribution in [3.05, 3.63) is 23.3 Å². The van der Waals surface area contributed by atoms with Crippen molar-refractivity contribution in [2.75, 3.05) is 0 Å². The van der Waals surface area contributed by atoms with Crippen LogP contribution in [0.1, 0.15) is 60.3 Å². The first-order chi connectivity index (χ1) is 6.98. The molecule has 0 amide bonds. The Morgan fingerprint density at radius 2 is 2.20 bits per heavy atom. The summed E-state index contributed by atoms with van der Waals surface area (Å²) >= 11 is 0. The Balaban J connectivity index is 2.52. The summed E-state index contributed by atoms with van der Waals surface area (Å²) in [5.74, 6) is 0.823. The van der Waals surface area contributed by atoms with Crippen molar-refractivity contribution in [3.63, 3.8) is 0 Å². The smallest absolute Gasteiger partial charge is 0.0113 e. The first kappa shape index (κ1) is 12.5. The van der Waals surface area contributed by atoms with Crippen LogP contribution in [0.2, 0.25) is 0 Å². The third-order valence-corrected chi connectivity index (χ3v) is 4.14. The molecule has 0 bridgehead atoms. The highest BCUT2D eigenvalue weighted by Crippen LogP contribution is 2.44. The Morgan fingerprint density at radius 3 is 2.67 bits per heavy atom. The summed E-state index contributed by atoms with van der Waals surface area (Å²) < 4.78 is 0. The summed E-state index contributed by atoms with van der Waals surface area (Å²) in [4.78, 5) is 0. The van der Waals surface area contributed by atoms with Crippen LogP contribution in [0.5, 0.6) is 0 Å². The first-order valence-corrected chi connectivity index (χ1v) is 6.31. The van der Waals surface area contributed by atoms with Crippen molar-refractivity contribution < 1.29 is 0 Å². The summed E-state index contributed by atoms with van der Waals surface area (Å²) in [6.07, 6.45) is 9.95. The van der Waals surface area contributed by atoms with Gasteiger partial charge in [0, 0.05) is 0 Å². The highest BCUT2D eigenvalue weighted by atomic mass is 14.4. The number of hydrogen-bond donors (Lipinski definition) is 0. The van der Waals surface area contributed by atoms with Crippen LogP contribution < -0.4 is 0 Å². The predicted molar refractivity (Wildman–Crippen MR) is 68.9 cm³/mol. The quantitative estimate of drug-likeness (QED) is 0.560. The van der Waals surface area contributed by atoms with Gasteiger partial charge >= 0.3 is 0 Å². The summed E-state index contributed by atoms with van der Waals surface area (Å²) in [6.45, 7) is 11.6. The standard InChI is InChI=1S/C15H26/c1-6-7-12(2)8-10-14-11-9-13(3)15(14,4)5/h8-9,14H,6-7,10-11H2,1-5H3/b12-8+. The first-order valence-electron chi connectivity index (χ1n) is 6.31. The van der Waals surface area contributed by atoms with Gasteiger partial charge in [-0.05, 0) is 44.4 Å². The zero-order valence-electron chi connectivity index (χ0n) is 11.1. The van der Waals surface area contributed by atoms with Gasteiger partial charge in [-0.2, -0.15) is 0 Å². The van der Waals surface area contributed by atoms with Gasteiger partial charge in [0.15, 0.2) is 0 Å². The summed E-state index contributed by atoms with van der Waals surface area (Å²) in [5.41, 5.74) is 3.56. The molecule has 15 heavy (non-hydrogen) atoms. The molecular formula is C15H26. The summed E-state index contributed by atoms with van der Waals surface area (Å²) in [6, 6.07) is 0. The minimum atomic E-state index is 0.420. The molecule has 0 aromatic carbocycles. The molecule has 0 nitrogen and oxygen atoms in total. The molecule has 0 saturated heterocycles. The van der Waals surface area contributed by atoms with Gasteiger partial charge in [-0.3, -0.25) is 0 Å². The normalized spacial score (nSPS) is 25.5. The van der Waals surface area contributed by atoms with Crippen LogP contribution in [0.25, 0.3) is 0 Å². The predicted octanol–water partition coefficient (Wildman–Crippen LogP) is 5.12. The molecule has 1 rings (SSSR count). The highest BCUT2D eigenvalue weighted by Gasteiger charge is 2.33. The van der Waals surface area contributed by atoms with Crippen LogP contribution in [-0.2, 0) is 0 Å². The average Bonchev–Trinajstić information content (AvgIpc) is 2.40. The molecule has 0 N–H and O–H groups in total. The van der Waals surface area contributed by atoms with E-state index in [-0.39, 0.29) is 0 Å². The Labute approximate surface area is 95.5 Å². The van der Waals surface area contributed by atoms with Crippen molar-refractivity contribution in [1.29, 1.82) is 0 Å². The molecule has 0 aromatic heterocycles. The third kappa shape index (κ3) is 2.96. The fourth-order valence-corrected chi connectivity index (χ4v) is 2.43. The molecule has 86 valence electrons. The zero-order valence-corrected chi connectivity index (χ0v) is 11.1. The lowest BCUT2D eigenvalue weighted by Crippen LogP contribution is -2.19. The molecule has 0 heteroatoms. The molecule has 1 atom stereocenters. The molecule has 0 spiro atoms. The van der Waals surface area contributed by atoms with Crippen LogP contribution in [-0.4, -0.2) is 0 Å². The third-order valence-electron chi connectivity index (χ3n) is 4.14. The zero-order chi connectivity index (χ0) is 11.5. The number of allylic oxidation sites excluding steroid dienone is 4. The monoisotopic (exact) mass is 206 g/mol. The molecule has 0 heterocycles. The molecular weight excluding hydrogens is 180 g/mol. The second-order valence-corrected chi connectivity index (χ2v) is 5.58. The minimum Gasteiger partial charge on any atom is -0.0853 e. The summed E-state index contributed by atoms with van der Waals surface area (Å²) in [5, 5.41) is 0. The van der Waals surface area contributed by atoms with Gasteiger partial charge in [-0.1, -0.05) is 50.5 Å². The summed E-state index contributed by atoms with van der Waals surface area (Å²) in [7, 11) is 0. The maximum absolute atomic E-state index is 2.46. The van der Waals surface area contributed by atoms with Crippen LogP contribution in [0.3, 0.4) is 0 Å². The largest absolute Gasteiger partial charge is 0.0853 e. The Morgan fingerprint density at radius 1 is 1.53 bits per heavy atom. The van der Waals surface area contributed by atoms with Crippen molar-refractivity contribution in [1.82, 2.24) is 0 Å². The molecule has 1 unspecified atom stereocenters. The van der Waals surface area contributed by atoms with Crippen molar-refractivity contribution in [2.45, 2.75) is 60.3 Å². The number of rotatable bonds is 4. The van der Waals surface area contributed by atoms with Crippen LogP contribution in [0.4, 0.5) is 0 Å². The molecule has 0 aromatic rings. The lowest BCUT2D eigenvalue weighted by molar-refractivity contribution is 0.294. The molecule has 0 saturated carbocycles. The second-order valence-electron chi connectivity index (χ2n) is 5.58. The van der Waals surface area contributed by atoms with E-state index < -0.39 is 0 Å². The van der Waals surface area contributed by atoms with Gasteiger partial charge in [-0.15, -0.1) is 0 Å². The second kappa shape index (κ2) is 5.01. The molecule has 1 aliphatic carbocycles. The van der Waals surface area contributed by atoms with Gasteiger partial charge < -0.3 is 0 Å². The number of hydrogen-bond acceptors (Lipinski definition) is 0. The van der Waals surface area contributed by atoms with Gasteiger partial charge in [0.1, 0.15) is 0 Å². The van der Waals surface area contributed by atoms with E-state index in [9.17, 15) is 0 Å². The van der Waals surface area contributed by atoms with E-state index in [1.807, 2.05) is 0 Å². The maximum Gasteiger partial charge on any atom is -0.0113 e. The van der Waals surface area contributed by atoms with Crippen LogP contribution in [0, 0.1) is 11.3 Å². The van der Waals surface area contributed by atoms with Crippen molar-refractivity contribution in [2.24, 2.45) is 11.3 Å². The van der Waals surface area contributed by atoms with Crippen molar-refractivity contribution >= 4 is 0 Å². The lowest BCUT2D eigenvalue weighted by atomic mass is 9.76. The maximum atomic E-state index is 2.46. The molecule has 0 fully saturated rings. The minimum absolute atomic E-state index is 0.420. The molecule has 0 radical (unpaired) electrons. The Kier molecular flexibility index (Phi) is 4.19. The van der Waals surface area contributed by atoms with E-state index in [4.69, 9.17) is 0 Å². The fourth-order valence-electron chi connectivity index (χ4n) is 2.43. The molecule has 0 aliphatic heterocycles. The topological polar surface area (TPSA) is 0 Å². The SMILES string of the molecule is CCC/C(C)=C/CC1CC=C(C)C1(C)C. The van der Waals surface area contributed by atoms with Gasteiger partial charge in [0.05, 0.1) is 0 Å². The van der Waals surface area contributed by atoms with Gasteiger partial charge in [-0.25, -0.2) is 0 Å². The van der Waals surface area contributed by atoms with Crippen LogP contribution in [0.15, 0.2) is 23.3 Å². The molecule has 1 aliphatic rings. The lowest BCUT2D eigenvalue weighted by Gasteiger charge is -2.29. The van der Waals surface area contributed by atoms with E-state index in [2.05, 4.69) is 46.8 Å². The van der Waals surface area contributed by atoms with E-state index in [0.29, 0.717) is 5.41 Å². The average molecular weight is 206 g/mol. The van der Waals surface area contributed by atoms with Gasteiger partial charge in [0.25, 0.3) is 0 Å². The van der Waals surface area contributed by atoms with Gasteiger partial charge in [0.2, 0.25) is 0 Å². The van der Waals surface area contributed by atoms with Crippen LogP contribution >= 0.6 is 0 Å². The Hall–Kier alpha value is -0.520. The fraction of sp³-hybridized carbons (Fsp3) is 0.733. The highest BCUT2D eigenvalue weighted by molar-refractivity contribution is 5.19. The van der Waals surface area contributed by atoms with Crippen molar-refractivity contribution in [3.8, 4) is 0 Å². The van der Waals surface area contributed by atoms with E-state index in [0.717, 1.165) is 5.92 Å². The van der Waals surface area contributed by atoms with E-state index >= 15 is 0 Å². The van der Waals surface area contributed by atoms with E-state index in [1.165, 1.54) is 25.7 Å². The Bertz CT molecular complexity index is 266. The van der Waals surface area contributed by atoms with E-state index in [1.54, 1.807) is 11.1 Å².